The summed E-state index contributed by atoms with van der Waals surface area (Å²) in [5, 5.41) is 11.8. The van der Waals surface area contributed by atoms with Gasteiger partial charge in [0, 0.05) is 18.0 Å². The third-order valence-electron chi connectivity index (χ3n) is 4.72. The third kappa shape index (κ3) is 2.76. The lowest BCUT2D eigenvalue weighted by Gasteiger charge is -2.28. The molecule has 7 heteroatoms. The Hall–Kier alpha value is -2.41. The molecular formula is C19H21N3O3S. The molecule has 1 saturated heterocycles. The van der Waals surface area contributed by atoms with Crippen molar-refractivity contribution < 1.29 is 14.6 Å². The van der Waals surface area contributed by atoms with Gasteiger partial charge in [0.2, 0.25) is 5.75 Å². The van der Waals surface area contributed by atoms with Crippen LogP contribution in [-0.2, 0) is 0 Å². The molecule has 1 aromatic heterocycles. The van der Waals surface area contributed by atoms with Gasteiger partial charge in [-0.25, -0.2) is 0 Å². The number of amidine groups is 1. The third-order valence-corrected chi connectivity index (χ3v) is 5.83. The number of phenols is 1. The highest BCUT2D eigenvalue weighted by molar-refractivity contribution is 8.14. The Morgan fingerprint density at radius 2 is 1.92 bits per heavy atom. The Labute approximate surface area is 156 Å². The van der Waals surface area contributed by atoms with Crippen molar-refractivity contribution in [3.8, 4) is 17.2 Å². The average molecular weight is 371 g/mol. The highest BCUT2D eigenvalue weighted by atomic mass is 32.2. The molecule has 3 heterocycles. The first-order chi connectivity index (χ1) is 12.6. The lowest BCUT2D eigenvalue weighted by Crippen LogP contribution is -2.28. The van der Waals surface area contributed by atoms with E-state index in [1.807, 2.05) is 30.3 Å². The van der Waals surface area contributed by atoms with Crippen molar-refractivity contribution in [1.29, 1.82) is 0 Å². The van der Waals surface area contributed by atoms with Crippen LogP contribution in [0.5, 0.6) is 17.2 Å². The maximum Gasteiger partial charge on any atom is 0.200 e. The topological polar surface area (TPSA) is 67.2 Å². The van der Waals surface area contributed by atoms with Crippen LogP contribution in [0.1, 0.15) is 30.3 Å². The van der Waals surface area contributed by atoms with Gasteiger partial charge >= 0.3 is 0 Å². The Morgan fingerprint density at radius 1 is 1.19 bits per heavy atom. The highest BCUT2D eigenvalue weighted by Crippen LogP contribution is 2.50. The largest absolute Gasteiger partial charge is 0.502 e. The molecule has 0 amide bonds. The van der Waals surface area contributed by atoms with E-state index in [0.29, 0.717) is 16.7 Å². The SMILES string of the molecule is COc1cc([C@@H]2[C@@H](c3ccccn3)N=C3S[C@@H](C)CN32)cc(OC)c1O. The quantitative estimate of drug-likeness (QED) is 0.889. The second kappa shape index (κ2) is 6.72. The normalized spacial score (nSPS) is 24.3. The summed E-state index contributed by atoms with van der Waals surface area (Å²) in [7, 11) is 3.08. The van der Waals surface area contributed by atoms with E-state index >= 15 is 0 Å². The van der Waals surface area contributed by atoms with Gasteiger partial charge in [-0.05, 0) is 29.8 Å². The maximum atomic E-state index is 10.3. The number of methoxy groups -OCH3 is 2. The molecule has 1 aromatic carbocycles. The predicted molar refractivity (Wildman–Crippen MR) is 102 cm³/mol. The van der Waals surface area contributed by atoms with Crippen molar-refractivity contribution in [3.05, 3.63) is 47.8 Å². The standard InChI is InChI=1S/C19H21N3O3S/c1-11-10-22-17(12-8-14(24-2)18(23)15(9-12)25-3)16(21-19(22)26-11)13-6-4-5-7-20-13/h4-9,11,16-17,23H,10H2,1-3H3/t11-,16+,17+/m0/s1. The summed E-state index contributed by atoms with van der Waals surface area (Å²) in [5.41, 5.74) is 1.92. The van der Waals surface area contributed by atoms with E-state index in [9.17, 15) is 5.11 Å². The van der Waals surface area contributed by atoms with Crippen LogP contribution in [0, 0.1) is 0 Å². The van der Waals surface area contributed by atoms with Gasteiger partial charge < -0.3 is 19.5 Å². The van der Waals surface area contributed by atoms with Crippen LogP contribution in [0.2, 0.25) is 0 Å². The van der Waals surface area contributed by atoms with Crippen molar-refractivity contribution in [2.75, 3.05) is 20.8 Å². The molecule has 0 radical (unpaired) electrons. The summed E-state index contributed by atoms with van der Waals surface area (Å²) < 4.78 is 10.7. The predicted octanol–water partition coefficient (Wildman–Crippen LogP) is 3.39. The molecular weight excluding hydrogens is 350 g/mol. The molecule has 1 fully saturated rings. The van der Waals surface area contributed by atoms with Gasteiger partial charge in [0.25, 0.3) is 0 Å². The van der Waals surface area contributed by atoms with E-state index in [0.717, 1.165) is 23.0 Å². The molecule has 0 saturated carbocycles. The van der Waals surface area contributed by atoms with Crippen molar-refractivity contribution in [3.63, 3.8) is 0 Å². The summed E-state index contributed by atoms with van der Waals surface area (Å²) in [5.74, 6) is 0.802. The number of aliphatic imine (C=N–C) groups is 1. The molecule has 26 heavy (non-hydrogen) atoms. The molecule has 3 atom stereocenters. The first kappa shape index (κ1) is 17.0. The van der Waals surface area contributed by atoms with E-state index in [1.54, 1.807) is 32.2 Å². The number of pyridine rings is 1. The van der Waals surface area contributed by atoms with Crippen LogP contribution in [0.15, 0.2) is 41.5 Å². The number of fused-ring (bicyclic) bond motifs is 1. The van der Waals surface area contributed by atoms with E-state index in [2.05, 4.69) is 16.8 Å². The first-order valence-corrected chi connectivity index (χ1v) is 9.37. The van der Waals surface area contributed by atoms with E-state index in [1.165, 1.54) is 0 Å². The maximum absolute atomic E-state index is 10.3. The summed E-state index contributed by atoms with van der Waals surface area (Å²) in [6.07, 6.45) is 1.80. The minimum atomic E-state index is -0.106. The van der Waals surface area contributed by atoms with E-state index < -0.39 is 0 Å². The summed E-state index contributed by atoms with van der Waals surface area (Å²) >= 11 is 1.79. The van der Waals surface area contributed by atoms with Crippen molar-refractivity contribution in [1.82, 2.24) is 9.88 Å². The molecule has 0 unspecified atom stereocenters. The number of rotatable bonds is 4. The fourth-order valence-corrected chi connectivity index (χ4v) is 4.66. The monoisotopic (exact) mass is 371 g/mol. The zero-order chi connectivity index (χ0) is 18.3. The Balaban J connectivity index is 1.82. The number of hydrogen-bond donors (Lipinski definition) is 1. The van der Waals surface area contributed by atoms with Crippen molar-refractivity contribution in [2.45, 2.75) is 24.3 Å². The number of nitrogens with zero attached hydrogens (tertiary/aromatic N) is 3. The summed E-state index contributed by atoms with van der Waals surface area (Å²) in [6, 6.07) is 9.51. The minimum absolute atomic E-state index is 0.0106. The summed E-state index contributed by atoms with van der Waals surface area (Å²) in [6.45, 7) is 3.12. The van der Waals surface area contributed by atoms with Crippen molar-refractivity contribution in [2.24, 2.45) is 4.99 Å². The van der Waals surface area contributed by atoms with Gasteiger partial charge in [-0.2, -0.15) is 0 Å². The fourth-order valence-electron chi connectivity index (χ4n) is 3.56. The van der Waals surface area contributed by atoms with Crippen LogP contribution in [0.4, 0.5) is 0 Å². The molecule has 136 valence electrons. The number of hydrogen-bond acceptors (Lipinski definition) is 7. The highest BCUT2D eigenvalue weighted by Gasteiger charge is 2.44. The molecule has 4 rings (SSSR count). The molecule has 0 spiro atoms. The number of thioether (sulfide) groups is 1. The van der Waals surface area contributed by atoms with E-state index in [-0.39, 0.29) is 17.8 Å². The van der Waals surface area contributed by atoms with E-state index in [4.69, 9.17) is 14.5 Å². The molecule has 2 aliphatic heterocycles. The minimum Gasteiger partial charge on any atom is -0.502 e. The van der Waals surface area contributed by atoms with Gasteiger partial charge in [-0.15, -0.1) is 0 Å². The Morgan fingerprint density at radius 3 is 2.54 bits per heavy atom. The van der Waals surface area contributed by atoms with Crippen LogP contribution >= 0.6 is 11.8 Å². The molecule has 6 nitrogen and oxygen atoms in total. The Bertz CT molecular complexity index is 818. The van der Waals surface area contributed by atoms with Crippen LogP contribution in [0.25, 0.3) is 0 Å². The molecule has 0 bridgehead atoms. The van der Waals surface area contributed by atoms with Crippen LogP contribution in [-0.4, -0.2) is 46.2 Å². The number of phenolic OH excluding ortho intramolecular Hbond substituents is 1. The van der Waals surface area contributed by atoms with Gasteiger partial charge in [0.15, 0.2) is 16.7 Å². The second-order valence-electron chi connectivity index (χ2n) is 6.41. The number of benzene rings is 1. The van der Waals surface area contributed by atoms with Gasteiger partial charge in [0.1, 0.15) is 6.04 Å². The number of ether oxygens (including phenoxy) is 2. The lowest BCUT2D eigenvalue weighted by molar-refractivity contribution is 0.311. The number of aromatic hydroxyl groups is 1. The lowest BCUT2D eigenvalue weighted by atomic mass is 9.95. The smallest absolute Gasteiger partial charge is 0.200 e. The summed E-state index contributed by atoms with van der Waals surface area (Å²) in [4.78, 5) is 11.8. The Kier molecular flexibility index (Phi) is 4.40. The van der Waals surface area contributed by atoms with Gasteiger partial charge in [-0.3, -0.25) is 9.98 Å². The zero-order valence-electron chi connectivity index (χ0n) is 14.9. The fraction of sp³-hybridized carbons (Fsp3) is 0.368. The van der Waals surface area contributed by atoms with Crippen molar-refractivity contribution >= 4 is 16.9 Å². The van der Waals surface area contributed by atoms with Gasteiger partial charge in [0.05, 0.1) is 26.0 Å². The first-order valence-electron chi connectivity index (χ1n) is 8.49. The molecule has 0 aliphatic carbocycles. The molecule has 2 aliphatic rings. The molecule has 2 aromatic rings. The second-order valence-corrected chi connectivity index (χ2v) is 7.82. The van der Waals surface area contributed by atoms with Crippen LogP contribution in [0.3, 0.4) is 0 Å². The van der Waals surface area contributed by atoms with Gasteiger partial charge in [-0.1, -0.05) is 24.8 Å². The van der Waals surface area contributed by atoms with Crippen LogP contribution < -0.4 is 9.47 Å². The zero-order valence-corrected chi connectivity index (χ0v) is 15.7. The average Bonchev–Trinajstić information content (AvgIpc) is 3.18. The number of aromatic nitrogens is 1. The molecule has 1 N–H and O–H groups in total.